The third kappa shape index (κ3) is 4.91. The van der Waals surface area contributed by atoms with Gasteiger partial charge in [0.05, 0.1) is 36.1 Å². The predicted octanol–water partition coefficient (Wildman–Crippen LogP) is 3.81. The summed E-state index contributed by atoms with van der Waals surface area (Å²) in [6.07, 6.45) is 5.02. The van der Waals surface area contributed by atoms with E-state index in [1.165, 1.54) is 0 Å². The van der Waals surface area contributed by atoms with Crippen LogP contribution in [0, 0.1) is 12.8 Å². The highest BCUT2D eigenvalue weighted by atomic mass is 16.5. The zero-order valence-corrected chi connectivity index (χ0v) is 17.0. The topological polar surface area (TPSA) is 73.3 Å². The molecular weight excluding hydrogens is 366 g/mol. The normalized spacial score (nSPS) is 14.9. The number of fused-ring (bicyclic) bond motifs is 1. The number of piperidine rings is 1. The van der Waals surface area contributed by atoms with Crippen LogP contribution in [0.1, 0.15) is 31.9 Å². The minimum atomic E-state index is 0.552. The maximum atomic E-state index is 5.98. The first-order valence-corrected chi connectivity index (χ1v) is 10.3. The van der Waals surface area contributed by atoms with Crippen molar-refractivity contribution < 1.29 is 9.47 Å². The summed E-state index contributed by atoms with van der Waals surface area (Å²) in [5.41, 5.74) is 2.59. The van der Waals surface area contributed by atoms with Crippen molar-refractivity contribution >= 4 is 16.9 Å². The van der Waals surface area contributed by atoms with Gasteiger partial charge in [-0.25, -0.2) is 9.97 Å². The number of anilines is 1. The second-order valence-electron chi connectivity index (χ2n) is 7.39. The highest BCUT2D eigenvalue weighted by Crippen LogP contribution is 2.25. The second kappa shape index (κ2) is 9.03. The SMILES string of the molecule is CCOc1cnc2cc(OCCC3CCN(c4ccc(C)nn4)CC3)ccc2n1. The first-order valence-electron chi connectivity index (χ1n) is 10.3. The average Bonchev–Trinajstić information content (AvgIpc) is 2.75. The molecule has 152 valence electrons. The quantitative estimate of drug-likeness (QED) is 0.604. The molecule has 29 heavy (non-hydrogen) atoms. The number of benzene rings is 1. The lowest BCUT2D eigenvalue weighted by atomic mass is 9.94. The lowest BCUT2D eigenvalue weighted by Gasteiger charge is -2.32. The summed E-state index contributed by atoms with van der Waals surface area (Å²) in [5, 5.41) is 8.47. The Balaban J connectivity index is 1.25. The van der Waals surface area contributed by atoms with Crippen LogP contribution in [-0.2, 0) is 0 Å². The fourth-order valence-electron chi connectivity index (χ4n) is 3.64. The molecule has 4 rings (SSSR count). The van der Waals surface area contributed by atoms with E-state index in [1.807, 2.05) is 38.1 Å². The van der Waals surface area contributed by atoms with Gasteiger partial charge in [0.15, 0.2) is 5.82 Å². The van der Waals surface area contributed by atoms with E-state index in [9.17, 15) is 0 Å². The Bertz CT molecular complexity index is 940. The molecule has 7 heteroatoms. The van der Waals surface area contributed by atoms with Crippen LogP contribution in [0.2, 0.25) is 0 Å². The molecule has 1 fully saturated rings. The molecule has 1 aromatic carbocycles. The number of hydrogen-bond donors (Lipinski definition) is 0. The van der Waals surface area contributed by atoms with E-state index >= 15 is 0 Å². The van der Waals surface area contributed by atoms with Crippen LogP contribution in [-0.4, -0.2) is 46.5 Å². The van der Waals surface area contributed by atoms with E-state index in [4.69, 9.17) is 9.47 Å². The molecule has 3 heterocycles. The van der Waals surface area contributed by atoms with E-state index in [0.29, 0.717) is 25.0 Å². The molecule has 0 amide bonds. The van der Waals surface area contributed by atoms with Crippen molar-refractivity contribution in [1.82, 2.24) is 20.2 Å². The van der Waals surface area contributed by atoms with Crippen LogP contribution < -0.4 is 14.4 Å². The van der Waals surface area contributed by atoms with Gasteiger partial charge < -0.3 is 14.4 Å². The van der Waals surface area contributed by atoms with Crippen LogP contribution >= 0.6 is 0 Å². The minimum Gasteiger partial charge on any atom is -0.494 e. The van der Waals surface area contributed by atoms with Gasteiger partial charge in [-0.1, -0.05) is 0 Å². The van der Waals surface area contributed by atoms with E-state index in [2.05, 4.69) is 31.1 Å². The lowest BCUT2D eigenvalue weighted by molar-refractivity contribution is 0.258. The molecule has 3 aromatic rings. The summed E-state index contributed by atoms with van der Waals surface area (Å²) in [6, 6.07) is 9.91. The van der Waals surface area contributed by atoms with Crippen LogP contribution in [0.3, 0.4) is 0 Å². The molecule has 1 saturated heterocycles. The molecule has 0 atom stereocenters. The summed E-state index contributed by atoms with van der Waals surface area (Å²) < 4.78 is 11.4. The Hall–Kier alpha value is -2.96. The minimum absolute atomic E-state index is 0.552. The molecule has 0 bridgehead atoms. The zero-order chi connectivity index (χ0) is 20.1. The zero-order valence-electron chi connectivity index (χ0n) is 17.0. The van der Waals surface area contributed by atoms with Gasteiger partial charge in [0.25, 0.3) is 0 Å². The Morgan fingerprint density at radius 1 is 1.03 bits per heavy atom. The van der Waals surface area contributed by atoms with E-state index in [0.717, 1.165) is 60.6 Å². The summed E-state index contributed by atoms with van der Waals surface area (Å²) in [5.74, 6) is 3.05. The summed E-state index contributed by atoms with van der Waals surface area (Å²) in [6.45, 7) is 7.24. The fourth-order valence-corrected chi connectivity index (χ4v) is 3.64. The van der Waals surface area contributed by atoms with Gasteiger partial charge in [-0.15, -0.1) is 5.10 Å². The maximum absolute atomic E-state index is 5.98. The van der Waals surface area contributed by atoms with Gasteiger partial charge >= 0.3 is 0 Å². The van der Waals surface area contributed by atoms with Gasteiger partial charge in [-0.3, -0.25) is 0 Å². The Morgan fingerprint density at radius 2 is 1.90 bits per heavy atom. The van der Waals surface area contributed by atoms with Gasteiger partial charge in [0.2, 0.25) is 5.88 Å². The van der Waals surface area contributed by atoms with Crippen molar-refractivity contribution in [2.45, 2.75) is 33.1 Å². The monoisotopic (exact) mass is 393 g/mol. The van der Waals surface area contributed by atoms with Gasteiger partial charge in [-0.05, 0) is 63.3 Å². The van der Waals surface area contributed by atoms with Crippen molar-refractivity contribution in [3.05, 3.63) is 42.2 Å². The Labute approximate surface area is 171 Å². The predicted molar refractivity (Wildman–Crippen MR) is 113 cm³/mol. The molecule has 0 saturated carbocycles. The number of hydrogen-bond acceptors (Lipinski definition) is 7. The van der Waals surface area contributed by atoms with Crippen molar-refractivity contribution in [2.75, 3.05) is 31.2 Å². The highest BCUT2D eigenvalue weighted by molar-refractivity contribution is 5.76. The molecule has 1 aliphatic heterocycles. The Morgan fingerprint density at radius 3 is 2.66 bits per heavy atom. The van der Waals surface area contributed by atoms with Gasteiger partial charge in [-0.2, -0.15) is 5.10 Å². The molecule has 0 N–H and O–H groups in total. The average molecular weight is 393 g/mol. The molecule has 0 unspecified atom stereocenters. The molecule has 0 aliphatic carbocycles. The third-order valence-electron chi connectivity index (χ3n) is 5.30. The first kappa shape index (κ1) is 19.4. The standard InChI is InChI=1S/C22H27N5O2/c1-3-28-22-15-23-20-14-18(5-6-19(20)24-22)29-13-10-17-8-11-27(12-9-17)21-7-4-16(2)25-26-21/h4-7,14-15,17H,3,8-13H2,1-2H3. The van der Waals surface area contributed by atoms with Crippen LogP contribution in [0.25, 0.3) is 11.0 Å². The number of ether oxygens (including phenoxy) is 2. The number of aryl methyl sites for hydroxylation is 1. The van der Waals surface area contributed by atoms with Crippen molar-refractivity contribution in [2.24, 2.45) is 5.92 Å². The molecule has 0 spiro atoms. The van der Waals surface area contributed by atoms with Gasteiger partial charge in [0.1, 0.15) is 5.75 Å². The molecule has 7 nitrogen and oxygen atoms in total. The molecule has 1 aliphatic rings. The first-order chi connectivity index (χ1) is 14.2. The van der Waals surface area contributed by atoms with Crippen molar-refractivity contribution in [1.29, 1.82) is 0 Å². The summed E-state index contributed by atoms with van der Waals surface area (Å²) >= 11 is 0. The van der Waals surface area contributed by atoms with Crippen LogP contribution in [0.15, 0.2) is 36.5 Å². The highest BCUT2D eigenvalue weighted by Gasteiger charge is 2.20. The molecular formula is C22H27N5O2. The van der Waals surface area contributed by atoms with E-state index in [-0.39, 0.29) is 0 Å². The van der Waals surface area contributed by atoms with Gasteiger partial charge in [0, 0.05) is 19.2 Å². The fraction of sp³-hybridized carbons (Fsp3) is 0.455. The summed E-state index contributed by atoms with van der Waals surface area (Å²) in [7, 11) is 0. The Kier molecular flexibility index (Phi) is 6.03. The molecule has 2 aromatic heterocycles. The number of rotatable bonds is 7. The van der Waals surface area contributed by atoms with Crippen LogP contribution in [0.4, 0.5) is 5.82 Å². The largest absolute Gasteiger partial charge is 0.494 e. The van der Waals surface area contributed by atoms with Crippen molar-refractivity contribution in [3.63, 3.8) is 0 Å². The summed E-state index contributed by atoms with van der Waals surface area (Å²) in [4.78, 5) is 11.2. The van der Waals surface area contributed by atoms with Crippen LogP contribution in [0.5, 0.6) is 11.6 Å². The lowest BCUT2D eigenvalue weighted by Crippen LogP contribution is -2.34. The van der Waals surface area contributed by atoms with Crippen molar-refractivity contribution in [3.8, 4) is 11.6 Å². The second-order valence-corrected chi connectivity index (χ2v) is 7.39. The smallest absolute Gasteiger partial charge is 0.232 e. The number of nitrogens with zero attached hydrogens (tertiary/aromatic N) is 5. The van der Waals surface area contributed by atoms with E-state index in [1.54, 1.807) is 6.20 Å². The molecule has 0 radical (unpaired) electrons. The maximum Gasteiger partial charge on any atom is 0.232 e. The van der Waals surface area contributed by atoms with E-state index < -0.39 is 0 Å². The number of aromatic nitrogens is 4. The third-order valence-corrected chi connectivity index (χ3v) is 5.30.